The number of carbonyl (C=O) groups excluding carboxylic acids is 8. The van der Waals surface area contributed by atoms with E-state index in [0.29, 0.717) is 0 Å². The molecule has 16 nitrogen and oxygen atoms in total. The van der Waals surface area contributed by atoms with Gasteiger partial charge in [0.2, 0.25) is 47.3 Å². The Bertz CT molecular complexity index is 1030. The summed E-state index contributed by atoms with van der Waals surface area (Å²) >= 11 is 0. The summed E-state index contributed by atoms with van der Waals surface area (Å²) < 4.78 is 0. The van der Waals surface area contributed by atoms with Crippen LogP contribution in [0.15, 0.2) is 0 Å². The highest BCUT2D eigenvalue weighted by Crippen LogP contribution is 2.10. The van der Waals surface area contributed by atoms with Crippen LogP contribution in [0.2, 0.25) is 0 Å². The van der Waals surface area contributed by atoms with E-state index in [-0.39, 0.29) is 0 Å². The van der Waals surface area contributed by atoms with Crippen molar-refractivity contribution in [2.75, 3.05) is 0 Å². The van der Waals surface area contributed by atoms with Gasteiger partial charge in [-0.25, -0.2) is 0 Å². The second-order valence-electron chi connectivity index (χ2n) is 13.2. The van der Waals surface area contributed by atoms with Gasteiger partial charge in [-0.1, -0.05) is 0 Å². The van der Waals surface area contributed by atoms with Crippen molar-refractivity contribution in [1.82, 2.24) is 42.5 Å². The Morgan fingerprint density at radius 1 is 0.341 bits per heavy atom. The smallest absolute Gasteiger partial charge is 0.245 e. The van der Waals surface area contributed by atoms with Gasteiger partial charge in [0, 0.05) is 0 Å². The normalized spacial score (nSPS) is 29.2. The molecule has 1 fully saturated rings. The second-order valence-corrected chi connectivity index (χ2v) is 13.2. The number of rotatable bonds is 0. The SMILES string of the molecule is C[C@@H]1NC(=O)C(C)(C)NC(=O)[C@H](C)NC(=O)C(C)(C)NC(=O)[C@H](C)NC(=O)C(C)(C)NC(=O)[C@H](C)NC(=O)C(C)(C)NC1=O. The Hall–Kier alpha value is -4.24. The standard InChI is InChI=1S/C28H48N8O8/c1-13-17(37)33-26(7,8)22(42)30-15(3)19(39)35-28(11,12)24(44)32-16(4)20(40)36-27(9,10)23(43)31-14(2)18(38)34-25(5,6)21(41)29-13/h13-16H,1-12H3,(H,29,41)(H,30,42)(H,31,43)(H,32,44)(H,33,37)(H,34,38)(H,35,39)(H,36,40)/t13-,14-,15-,16-/m0/s1. The summed E-state index contributed by atoms with van der Waals surface area (Å²) in [7, 11) is 0. The monoisotopic (exact) mass is 624 g/mol. The fourth-order valence-corrected chi connectivity index (χ4v) is 3.66. The van der Waals surface area contributed by atoms with Crippen molar-refractivity contribution >= 4 is 47.3 Å². The van der Waals surface area contributed by atoms with Crippen LogP contribution in [0.1, 0.15) is 83.1 Å². The molecule has 16 heteroatoms. The third-order valence-corrected chi connectivity index (χ3v) is 6.98. The van der Waals surface area contributed by atoms with E-state index in [4.69, 9.17) is 0 Å². The first-order valence-corrected chi connectivity index (χ1v) is 14.3. The molecule has 1 heterocycles. The average molecular weight is 625 g/mol. The lowest BCUT2D eigenvalue weighted by Crippen LogP contribution is -2.65. The third-order valence-electron chi connectivity index (χ3n) is 6.98. The molecule has 0 saturated carbocycles. The zero-order chi connectivity index (χ0) is 34.6. The lowest BCUT2D eigenvalue weighted by atomic mass is 10.00. The van der Waals surface area contributed by atoms with Crippen molar-refractivity contribution in [3.8, 4) is 0 Å². The molecule has 248 valence electrons. The average Bonchev–Trinajstić information content (AvgIpc) is 2.86. The molecule has 0 unspecified atom stereocenters. The Morgan fingerprint density at radius 2 is 0.477 bits per heavy atom. The zero-order valence-electron chi connectivity index (χ0n) is 27.6. The van der Waals surface area contributed by atoms with Crippen molar-refractivity contribution < 1.29 is 38.4 Å². The summed E-state index contributed by atoms with van der Waals surface area (Å²) in [6.45, 7) is 16.7. The van der Waals surface area contributed by atoms with Crippen LogP contribution in [0.25, 0.3) is 0 Å². The van der Waals surface area contributed by atoms with E-state index in [1.54, 1.807) is 0 Å². The number of amides is 8. The Labute approximate surface area is 257 Å². The molecule has 0 spiro atoms. The molecule has 8 N–H and O–H groups in total. The maximum Gasteiger partial charge on any atom is 0.245 e. The van der Waals surface area contributed by atoms with Gasteiger partial charge in [-0.2, -0.15) is 0 Å². The van der Waals surface area contributed by atoms with Gasteiger partial charge in [0.25, 0.3) is 0 Å². The lowest BCUT2D eigenvalue weighted by Gasteiger charge is -2.33. The maximum absolute atomic E-state index is 13.0. The highest BCUT2D eigenvalue weighted by Gasteiger charge is 2.39. The molecule has 0 aromatic rings. The first kappa shape index (κ1) is 37.8. The molecule has 4 atom stereocenters. The van der Waals surface area contributed by atoms with E-state index in [0.717, 1.165) is 0 Å². The highest BCUT2D eigenvalue weighted by atomic mass is 16.2. The van der Waals surface area contributed by atoms with Crippen LogP contribution in [0.4, 0.5) is 0 Å². The van der Waals surface area contributed by atoms with Crippen LogP contribution in [0.5, 0.6) is 0 Å². The molecular formula is C28H48N8O8. The van der Waals surface area contributed by atoms with Gasteiger partial charge in [-0.05, 0) is 83.1 Å². The molecule has 1 aliphatic rings. The Kier molecular flexibility index (Phi) is 11.7. The predicted molar refractivity (Wildman–Crippen MR) is 159 cm³/mol. The Balaban J connectivity index is 3.37. The van der Waals surface area contributed by atoms with E-state index in [1.807, 2.05) is 0 Å². The molecule has 0 aliphatic carbocycles. The highest BCUT2D eigenvalue weighted by molar-refractivity contribution is 6.00. The summed E-state index contributed by atoms with van der Waals surface area (Å²) in [6.07, 6.45) is 0. The predicted octanol–water partition coefficient (Wildman–Crippen LogP) is -2.40. The van der Waals surface area contributed by atoms with Gasteiger partial charge >= 0.3 is 0 Å². The molecule has 1 rings (SSSR count). The molecule has 0 radical (unpaired) electrons. The van der Waals surface area contributed by atoms with Gasteiger partial charge in [0.05, 0.1) is 0 Å². The molecular weight excluding hydrogens is 576 g/mol. The van der Waals surface area contributed by atoms with Gasteiger partial charge < -0.3 is 42.5 Å². The van der Waals surface area contributed by atoms with Crippen LogP contribution in [-0.2, 0) is 38.4 Å². The quantitative estimate of drug-likeness (QED) is 0.144. The zero-order valence-corrected chi connectivity index (χ0v) is 27.6. The van der Waals surface area contributed by atoms with Crippen LogP contribution in [-0.4, -0.2) is 93.6 Å². The van der Waals surface area contributed by atoms with Gasteiger partial charge in [-0.15, -0.1) is 0 Å². The number of hydrogen-bond donors (Lipinski definition) is 8. The second kappa shape index (κ2) is 13.6. The molecule has 1 saturated heterocycles. The van der Waals surface area contributed by atoms with Gasteiger partial charge in [0.1, 0.15) is 46.3 Å². The topological polar surface area (TPSA) is 233 Å². The van der Waals surface area contributed by atoms with Crippen molar-refractivity contribution in [1.29, 1.82) is 0 Å². The minimum absolute atomic E-state index is 0.718. The first-order chi connectivity index (χ1) is 19.7. The van der Waals surface area contributed by atoms with Crippen LogP contribution >= 0.6 is 0 Å². The van der Waals surface area contributed by atoms with E-state index in [1.165, 1.54) is 83.1 Å². The fourth-order valence-electron chi connectivity index (χ4n) is 3.66. The van der Waals surface area contributed by atoms with Crippen molar-refractivity contribution in [3.05, 3.63) is 0 Å². The fraction of sp³-hybridized carbons (Fsp3) is 0.714. The summed E-state index contributed by atoms with van der Waals surface area (Å²) in [6, 6.07) is -4.55. The summed E-state index contributed by atoms with van der Waals surface area (Å²) in [4.78, 5) is 103. The third kappa shape index (κ3) is 9.91. The Morgan fingerprint density at radius 3 is 0.614 bits per heavy atom. The van der Waals surface area contributed by atoms with E-state index in [2.05, 4.69) is 42.5 Å². The van der Waals surface area contributed by atoms with Crippen molar-refractivity contribution in [2.45, 2.75) is 129 Å². The van der Waals surface area contributed by atoms with E-state index < -0.39 is 93.6 Å². The summed E-state index contributed by atoms with van der Waals surface area (Å²) in [5, 5.41) is 20.0. The summed E-state index contributed by atoms with van der Waals surface area (Å²) in [5.74, 6) is -5.76. The molecule has 44 heavy (non-hydrogen) atoms. The molecule has 0 aromatic carbocycles. The molecule has 1 aliphatic heterocycles. The minimum Gasteiger partial charge on any atom is -0.343 e. The van der Waals surface area contributed by atoms with Crippen LogP contribution < -0.4 is 42.5 Å². The molecule has 0 aromatic heterocycles. The van der Waals surface area contributed by atoms with E-state index >= 15 is 0 Å². The van der Waals surface area contributed by atoms with E-state index in [9.17, 15) is 38.4 Å². The number of hydrogen-bond acceptors (Lipinski definition) is 8. The van der Waals surface area contributed by atoms with Gasteiger partial charge in [0.15, 0.2) is 0 Å². The first-order valence-electron chi connectivity index (χ1n) is 14.3. The van der Waals surface area contributed by atoms with Crippen LogP contribution in [0, 0.1) is 0 Å². The number of nitrogens with one attached hydrogen (secondary N) is 8. The maximum atomic E-state index is 13.0. The minimum atomic E-state index is -1.53. The lowest BCUT2D eigenvalue weighted by molar-refractivity contribution is -0.139. The molecule has 8 amide bonds. The van der Waals surface area contributed by atoms with Crippen molar-refractivity contribution in [2.24, 2.45) is 0 Å². The largest absolute Gasteiger partial charge is 0.343 e. The van der Waals surface area contributed by atoms with Crippen LogP contribution in [0.3, 0.4) is 0 Å². The molecule has 0 bridgehead atoms. The van der Waals surface area contributed by atoms with Gasteiger partial charge in [-0.3, -0.25) is 38.4 Å². The number of carbonyl (C=O) groups is 8. The van der Waals surface area contributed by atoms with Crippen molar-refractivity contribution in [3.63, 3.8) is 0 Å². The summed E-state index contributed by atoms with van der Waals surface area (Å²) in [5.41, 5.74) is -6.11.